The predicted octanol–water partition coefficient (Wildman–Crippen LogP) is 8.94. The normalized spacial score (nSPS) is 23.1. The summed E-state index contributed by atoms with van der Waals surface area (Å²) in [5.41, 5.74) is 1.48. The van der Waals surface area contributed by atoms with Crippen molar-refractivity contribution in [3.8, 4) is 0 Å². The molecule has 4 aliphatic rings. The van der Waals surface area contributed by atoms with Gasteiger partial charge in [0.1, 0.15) is 28.5 Å². The molecule has 60 heavy (non-hydrogen) atoms. The van der Waals surface area contributed by atoms with Crippen molar-refractivity contribution >= 4 is 77.5 Å². The van der Waals surface area contributed by atoms with Crippen molar-refractivity contribution < 1.29 is 41.7 Å². The molecule has 0 aliphatic carbocycles. The van der Waals surface area contributed by atoms with Gasteiger partial charge in [-0.05, 0) is 110 Å². The summed E-state index contributed by atoms with van der Waals surface area (Å²) in [6, 6.07) is 21.5. The number of thioether (sulfide) groups is 2. The Hall–Kier alpha value is -3.58. The molecule has 4 unspecified atom stereocenters. The lowest BCUT2D eigenvalue weighted by atomic mass is 9.74. The van der Waals surface area contributed by atoms with Crippen molar-refractivity contribution in [2.75, 3.05) is 52.2 Å². The summed E-state index contributed by atoms with van der Waals surface area (Å²) >= 11 is 9.46. The SMILES string of the molecule is CF.CO.O=C(NC1=NC2(c3cc(Br)c(F)cc3F)COCCC2CS1)c1ccc(Cc2cc(F)c(Br)cc2C23COCCC2CSC(NC(=O)c2ccccc2)=N3)cc1. The first-order valence-corrected chi connectivity index (χ1v) is 22.4. The highest BCUT2D eigenvalue weighted by atomic mass is 79.9. The average Bonchev–Trinajstić information content (AvgIpc) is 3.27. The number of amidine groups is 2. The molecule has 0 bridgehead atoms. The van der Waals surface area contributed by atoms with E-state index in [0.717, 1.165) is 30.7 Å². The van der Waals surface area contributed by atoms with Gasteiger partial charge < -0.3 is 25.2 Å². The van der Waals surface area contributed by atoms with Crippen LogP contribution in [-0.2, 0) is 27.0 Å². The smallest absolute Gasteiger partial charge is 0.257 e. The number of aliphatic hydroxyl groups is 1. The summed E-state index contributed by atoms with van der Waals surface area (Å²) in [7, 11) is 1.50. The van der Waals surface area contributed by atoms with Crippen LogP contribution in [0, 0.1) is 29.3 Å². The highest BCUT2D eigenvalue weighted by Crippen LogP contribution is 2.48. The summed E-state index contributed by atoms with van der Waals surface area (Å²) in [5.74, 6) is -1.24. The molecule has 9 nitrogen and oxygen atoms in total. The minimum Gasteiger partial charge on any atom is -0.400 e. The minimum absolute atomic E-state index is 0.0749. The molecule has 0 spiro atoms. The lowest BCUT2D eigenvalue weighted by Gasteiger charge is -2.45. The van der Waals surface area contributed by atoms with Crippen molar-refractivity contribution in [3.63, 3.8) is 0 Å². The number of carbonyl (C=O) groups excluding carboxylic acids is 2. The molecule has 8 rings (SSSR count). The van der Waals surface area contributed by atoms with Gasteiger partial charge in [-0.1, -0.05) is 53.9 Å². The van der Waals surface area contributed by atoms with Crippen molar-refractivity contribution in [2.45, 2.75) is 30.3 Å². The predicted molar refractivity (Wildman–Crippen MR) is 235 cm³/mol. The van der Waals surface area contributed by atoms with Gasteiger partial charge in [0.2, 0.25) is 0 Å². The molecule has 318 valence electrons. The van der Waals surface area contributed by atoms with Gasteiger partial charge in [-0.15, -0.1) is 0 Å². The molecule has 4 aromatic rings. The van der Waals surface area contributed by atoms with E-state index in [2.05, 4.69) is 42.5 Å². The third kappa shape index (κ3) is 9.72. The molecular weight excluding hydrogens is 952 g/mol. The lowest BCUT2D eigenvalue weighted by molar-refractivity contribution is 0.00282. The molecule has 0 radical (unpaired) electrons. The summed E-state index contributed by atoms with van der Waals surface area (Å²) in [5, 5.41) is 13.7. The highest BCUT2D eigenvalue weighted by molar-refractivity contribution is 9.10. The Kier molecular flexibility index (Phi) is 15.7. The first kappa shape index (κ1) is 45.9. The number of ether oxygens (including phenoxy) is 2. The summed E-state index contributed by atoms with van der Waals surface area (Å²) in [4.78, 5) is 36.7. The van der Waals surface area contributed by atoms with Crippen molar-refractivity contribution in [2.24, 2.45) is 21.8 Å². The van der Waals surface area contributed by atoms with Crippen LogP contribution < -0.4 is 10.6 Å². The quantitative estimate of drug-likeness (QED) is 0.130. The van der Waals surface area contributed by atoms with E-state index in [9.17, 15) is 18.4 Å². The zero-order chi connectivity index (χ0) is 43.0. The largest absolute Gasteiger partial charge is 0.400 e. The third-order valence-corrected chi connectivity index (χ3v) is 14.1. The van der Waals surface area contributed by atoms with E-state index in [1.807, 2.05) is 18.2 Å². The van der Waals surface area contributed by atoms with Crippen LogP contribution in [-0.4, -0.2) is 79.5 Å². The van der Waals surface area contributed by atoms with Crippen LogP contribution in [0.5, 0.6) is 0 Å². The fourth-order valence-electron chi connectivity index (χ4n) is 7.85. The van der Waals surface area contributed by atoms with Gasteiger partial charge in [0.25, 0.3) is 11.8 Å². The number of benzene rings is 4. The third-order valence-electron chi connectivity index (χ3n) is 10.8. The second kappa shape index (κ2) is 20.5. The zero-order valence-electron chi connectivity index (χ0n) is 32.6. The Morgan fingerprint density at radius 3 is 1.75 bits per heavy atom. The maximum Gasteiger partial charge on any atom is 0.257 e. The molecule has 0 saturated carbocycles. The van der Waals surface area contributed by atoms with E-state index in [-0.39, 0.29) is 41.0 Å². The molecule has 2 fully saturated rings. The van der Waals surface area contributed by atoms with Gasteiger partial charge in [0, 0.05) is 66.4 Å². The number of aliphatic hydroxyl groups excluding tert-OH is 1. The van der Waals surface area contributed by atoms with Gasteiger partial charge in [0.15, 0.2) is 10.3 Å². The second-order valence-corrected chi connectivity index (χ2v) is 17.9. The number of halogens is 6. The van der Waals surface area contributed by atoms with E-state index in [1.165, 1.54) is 35.7 Å². The molecule has 4 heterocycles. The average molecular weight is 995 g/mol. The number of aliphatic imine (C=N–C) groups is 2. The van der Waals surface area contributed by atoms with E-state index in [1.54, 1.807) is 42.5 Å². The van der Waals surface area contributed by atoms with Gasteiger partial charge in [0.05, 0.1) is 29.3 Å². The maximum absolute atomic E-state index is 15.3. The summed E-state index contributed by atoms with van der Waals surface area (Å²) in [6.45, 7) is 1.46. The number of alkyl halides is 1. The Labute approximate surface area is 370 Å². The number of hydrogen-bond donors (Lipinski definition) is 3. The summed E-state index contributed by atoms with van der Waals surface area (Å²) in [6.07, 6.45) is 1.74. The van der Waals surface area contributed by atoms with Crippen LogP contribution >= 0.6 is 55.4 Å². The number of hydrogen-bond acceptors (Lipinski definition) is 9. The van der Waals surface area contributed by atoms with Crippen molar-refractivity contribution in [1.82, 2.24) is 10.6 Å². The van der Waals surface area contributed by atoms with E-state index in [4.69, 9.17) is 24.6 Å². The first-order chi connectivity index (χ1) is 29.0. The number of nitrogens with one attached hydrogen (secondary N) is 2. The molecule has 2 saturated heterocycles. The first-order valence-electron chi connectivity index (χ1n) is 18.9. The molecule has 3 N–H and O–H groups in total. The summed E-state index contributed by atoms with van der Waals surface area (Å²) < 4.78 is 66.5. The van der Waals surface area contributed by atoms with Crippen LogP contribution in [0.2, 0.25) is 0 Å². The van der Waals surface area contributed by atoms with Crippen LogP contribution in [0.15, 0.2) is 97.8 Å². The fraction of sp³-hybridized carbons (Fsp3) is 0.349. The molecule has 2 amide bonds. The van der Waals surface area contributed by atoms with Crippen molar-refractivity contribution in [3.05, 3.63) is 139 Å². The molecule has 17 heteroatoms. The number of rotatable bonds is 6. The lowest BCUT2D eigenvalue weighted by Crippen LogP contribution is -2.49. The Morgan fingerprint density at radius 2 is 1.20 bits per heavy atom. The molecule has 4 atom stereocenters. The number of nitrogens with zero attached hydrogens (tertiary/aromatic N) is 2. The van der Waals surface area contributed by atoms with E-state index >= 15 is 8.78 Å². The topological polar surface area (TPSA) is 122 Å². The van der Waals surface area contributed by atoms with Gasteiger partial charge in [-0.3, -0.25) is 14.0 Å². The van der Waals surface area contributed by atoms with E-state index in [0.29, 0.717) is 76.2 Å². The molecular formula is C43H42Br2F4N4O5S2. The Balaban J connectivity index is 0.00000147. The maximum atomic E-state index is 15.3. The molecule has 4 aliphatic heterocycles. The number of amides is 2. The number of fused-ring (bicyclic) bond motifs is 2. The van der Waals surface area contributed by atoms with Crippen molar-refractivity contribution in [1.29, 1.82) is 0 Å². The molecule has 0 aromatic heterocycles. The second-order valence-electron chi connectivity index (χ2n) is 14.2. The fourth-order valence-corrected chi connectivity index (χ4v) is 10.9. The zero-order valence-corrected chi connectivity index (χ0v) is 37.4. The highest BCUT2D eigenvalue weighted by Gasteiger charge is 2.49. The van der Waals surface area contributed by atoms with Gasteiger partial charge in [-0.25, -0.2) is 23.2 Å². The number of carbonyl (C=O) groups is 2. The monoisotopic (exact) mass is 992 g/mol. The standard InChI is InChI=1S/C41H35Br2F3N4O4S2.CH3F.CH4O/c42-31-16-29(40-21-53-12-10-27(40)19-55-38(49-40)47-36(51)24-4-2-1-3-5-24)26(15-34(31)45)14-23-6-8-25(9-7-23)37(52)48-39-50-41(22-54-13-11-28(41)20-56-39)30-17-32(43)35(46)18-33(30)44;2*1-2/h1-9,15-18,27-28H,10-14,19-22H2,(H,47,49,51)(H,48,50,52);1H3;2H,1H3. The van der Waals surface area contributed by atoms with E-state index < -0.39 is 34.4 Å². The van der Waals surface area contributed by atoms with Crippen LogP contribution in [0.3, 0.4) is 0 Å². The molecule has 4 aromatic carbocycles. The van der Waals surface area contributed by atoms with Crippen LogP contribution in [0.4, 0.5) is 17.6 Å². The van der Waals surface area contributed by atoms with Crippen LogP contribution in [0.1, 0.15) is 55.8 Å². The van der Waals surface area contributed by atoms with Crippen LogP contribution in [0.25, 0.3) is 0 Å². The van der Waals surface area contributed by atoms with Gasteiger partial charge in [-0.2, -0.15) is 0 Å². The Bertz CT molecular complexity index is 2260. The minimum atomic E-state index is -1.12. The van der Waals surface area contributed by atoms with Gasteiger partial charge >= 0.3 is 0 Å². The Morgan fingerprint density at radius 1 is 0.717 bits per heavy atom.